The third kappa shape index (κ3) is 17.4. The first kappa shape index (κ1) is 91.9. The molecule has 0 saturated carbocycles. The molecule has 6 nitrogen and oxygen atoms in total. The molecule has 2 aliphatic carbocycles. The monoisotopic (exact) mass is 1730 g/mol. The summed E-state index contributed by atoms with van der Waals surface area (Å²) in [4.78, 5) is 9.80. The summed E-state index contributed by atoms with van der Waals surface area (Å²) in [6, 6.07) is 95.9. The summed E-state index contributed by atoms with van der Waals surface area (Å²) < 4.78 is 14.7. The van der Waals surface area contributed by atoms with Crippen LogP contribution in [0.15, 0.2) is 258 Å². The second kappa shape index (κ2) is 31.9. The lowest BCUT2D eigenvalue weighted by molar-refractivity contribution is 0.332. The molecule has 0 atom stereocenters. The van der Waals surface area contributed by atoms with Crippen LogP contribution in [0.25, 0.3) is 44.2 Å². The zero-order chi connectivity index (χ0) is 94.3. The van der Waals surface area contributed by atoms with E-state index >= 15 is 0 Å². The first-order chi connectivity index (χ1) is 60.9. The lowest BCUT2D eigenvalue weighted by atomic mass is 9.33. The molecular weight excluding hydrogens is 1590 g/mol. The largest absolute Gasteiger partial charge is 0.440 e. The maximum absolute atomic E-state index is 7.52. The van der Waals surface area contributed by atoms with Gasteiger partial charge in [0.25, 0.3) is 6.71 Å². The van der Waals surface area contributed by atoms with Crippen LogP contribution in [-0.2, 0) is 65.0 Å². The van der Waals surface area contributed by atoms with Gasteiger partial charge in [-0.05, 0) is 312 Å². The van der Waals surface area contributed by atoms with Gasteiger partial charge in [0.15, 0.2) is 0 Å². The highest BCUT2D eigenvalue weighted by atomic mass is 16.4. The summed E-state index contributed by atoms with van der Waals surface area (Å²) in [5.41, 5.74) is 38.3. The van der Waals surface area contributed by atoms with Crippen LogP contribution in [0.2, 0.25) is 0 Å². The molecule has 7 heteroatoms. The van der Waals surface area contributed by atoms with Gasteiger partial charge in [-0.25, -0.2) is 0 Å². The second-order valence-corrected chi connectivity index (χ2v) is 49.9. The first-order valence-electron chi connectivity index (χ1n) is 48.5. The van der Waals surface area contributed by atoms with E-state index in [1.807, 2.05) is 0 Å². The molecule has 0 bridgehead atoms. The van der Waals surface area contributed by atoms with E-state index in [1.54, 1.807) is 0 Å². The van der Waals surface area contributed by atoms with Crippen LogP contribution < -0.4 is 36.0 Å². The Morgan fingerprint density at radius 3 is 0.977 bits per heavy atom. The average Bonchev–Trinajstić information content (AvgIpc) is 1.62. The Bertz CT molecular complexity index is 6550. The van der Waals surface area contributed by atoms with Crippen molar-refractivity contribution >= 4 is 114 Å². The molecule has 14 aromatic rings. The number of hydrogen-bond donors (Lipinski definition) is 0. The van der Waals surface area contributed by atoms with E-state index < -0.39 is 0 Å². The van der Waals surface area contributed by atoms with Crippen LogP contribution >= 0.6 is 0 Å². The van der Waals surface area contributed by atoms with Gasteiger partial charge >= 0.3 is 0 Å². The summed E-state index contributed by atoms with van der Waals surface area (Å²) in [5, 5.41) is 2.36. The van der Waals surface area contributed by atoms with E-state index in [0.29, 0.717) is 0 Å². The van der Waals surface area contributed by atoms with Gasteiger partial charge in [-0.2, -0.15) is 0 Å². The fourth-order valence-electron chi connectivity index (χ4n) is 20.7. The highest BCUT2D eigenvalue weighted by molar-refractivity contribution is 7.01. The maximum atomic E-state index is 7.52. The molecule has 0 amide bonds. The van der Waals surface area contributed by atoms with E-state index in [2.05, 4.69) is 490 Å². The van der Waals surface area contributed by atoms with Crippen LogP contribution in [0.5, 0.6) is 0 Å². The number of fused-ring (bicyclic) bond motifs is 9. The van der Waals surface area contributed by atoms with Gasteiger partial charge < -0.3 is 18.6 Å². The van der Waals surface area contributed by atoms with Gasteiger partial charge in [0.1, 0.15) is 11.2 Å². The van der Waals surface area contributed by atoms with Crippen molar-refractivity contribution < 1.29 is 8.83 Å². The van der Waals surface area contributed by atoms with Crippen LogP contribution in [0, 0.1) is 0 Å². The minimum Gasteiger partial charge on any atom is -0.440 e. The van der Waals surface area contributed by atoms with Crippen molar-refractivity contribution in [3.05, 3.63) is 315 Å². The average molecular weight is 1730 g/mol. The molecule has 4 heterocycles. The van der Waals surface area contributed by atoms with Crippen molar-refractivity contribution in [3.8, 4) is 22.3 Å². The molecule has 12 aromatic carbocycles. The topological polar surface area (TPSA) is 39.2 Å². The smallest absolute Gasteiger partial charge is 0.257 e. The summed E-state index contributed by atoms with van der Waals surface area (Å²) in [6.45, 7) is 74.3. The van der Waals surface area contributed by atoms with Crippen molar-refractivity contribution in [2.24, 2.45) is 0 Å². The third-order valence-electron chi connectivity index (χ3n) is 29.8. The molecule has 131 heavy (non-hydrogen) atoms. The molecule has 0 radical (unpaired) electrons. The summed E-state index contributed by atoms with van der Waals surface area (Å²) in [6.07, 6.45) is 4.62. The molecule has 0 N–H and O–H groups in total. The van der Waals surface area contributed by atoms with Crippen molar-refractivity contribution in [1.29, 1.82) is 0 Å². The third-order valence-corrected chi connectivity index (χ3v) is 29.8. The van der Waals surface area contributed by atoms with Crippen molar-refractivity contribution in [2.45, 2.75) is 312 Å². The van der Waals surface area contributed by atoms with Gasteiger partial charge in [0.2, 0.25) is 11.8 Å². The number of benzene rings is 12. The number of anilines is 12. The highest BCUT2D eigenvalue weighted by Gasteiger charge is 2.49. The standard InChI is InChI=1S/C62H71BN2O.C62H74N2O/c1-57(2,3)40-19-17-38(18-20-40)39-33-51-55-52(34-39)65(45-28-23-42(24-29-45)59(7,8)9)56-54(46-36-47-48(37-53(46)66-56)62(15,16)32-31-61(47,13)14)63(55)49-35-43(60(10,11)12)25-30-50(49)64(51)44-26-21-41(22-27-44)58(4,5)6;1-57(2,3)44-19-17-41(18-20-44)42-35-51(63(48-27-21-45(22-28-48)58(4,5)6)49-29-23-46(24-30-49)59(7,8)9)39-52(36-42)64(50-31-25-47(26-32-50)60(10,11)12)56-38-43-37-53-54(40-55(43)65-56)62(15,16)34-33-61(53,13)14/h17-30,33-37H,31-32H2,1-16H3;17-32,35-40H,33-34H2,1-16H3. The van der Waals surface area contributed by atoms with Crippen LogP contribution in [0.3, 0.4) is 0 Å². The van der Waals surface area contributed by atoms with Crippen molar-refractivity contribution in [3.63, 3.8) is 0 Å². The Morgan fingerprint density at radius 1 is 0.260 bits per heavy atom. The fraction of sp³-hybridized carbons (Fsp3) is 0.387. The van der Waals surface area contributed by atoms with Crippen LogP contribution in [0.4, 0.5) is 68.6 Å². The molecule has 0 saturated heterocycles. The van der Waals surface area contributed by atoms with Crippen LogP contribution in [-0.4, -0.2) is 6.71 Å². The lowest BCUT2D eigenvalue weighted by Gasteiger charge is -2.43. The second-order valence-electron chi connectivity index (χ2n) is 49.9. The lowest BCUT2D eigenvalue weighted by Crippen LogP contribution is -2.61. The molecule has 2 aliphatic heterocycles. The quantitative estimate of drug-likeness (QED) is 0.127. The van der Waals surface area contributed by atoms with Gasteiger partial charge in [-0.3, -0.25) is 9.80 Å². The Balaban J connectivity index is 0.000000183. The van der Waals surface area contributed by atoms with Gasteiger partial charge in [0.05, 0.1) is 5.69 Å². The van der Waals surface area contributed by atoms with E-state index in [-0.39, 0.29) is 71.7 Å². The van der Waals surface area contributed by atoms with Crippen molar-refractivity contribution in [2.75, 3.05) is 19.6 Å². The van der Waals surface area contributed by atoms with Crippen LogP contribution in [0.1, 0.15) is 314 Å². The molecule has 0 spiro atoms. The van der Waals surface area contributed by atoms with Gasteiger partial charge in [0, 0.05) is 73.5 Å². The molecule has 676 valence electrons. The SMILES string of the molecule is CC(C)(C)c1ccc(-c2cc(N(c3ccc(C(C)(C)C)cc3)c3ccc(C(C)(C)C)cc3)cc(N(c3ccc(C(C)(C)C)cc3)c3cc4cc5c(cc4o3)C(C)(C)CCC5(C)C)c2)cc1.CC(C)(C)c1ccc(-c2cc3c4c(c2)N(c2ccc(C(C)(C)C)cc2)c2oc5cc6c(cc5c2B4c2cc(C(C)(C)C)ccc2N3c2ccc(C(C)(C)C)cc2)C(C)(C)CCC6(C)C)cc1. The number of hydrogen-bond acceptors (Lipinski definition) is 6. The summed E-state index contributed by atoms with van der Waals surface area (Å²) in [7, 11) is 0. The zero-order valence-electron chi connectivity index (χ0n) is 85.2. The van der Waals surface area contributed by atoms with E-state index in [0.717, 1.165) is 111 Å². The molecular formula is C124H145BN4O2. The number of furan rings is 2. The first-order valence-corrected chi connectivity index (χ1v) is 48.5. The predicted octanol–water partition coefficient (Wildman–Crippen LogP) is 34.3. The predicted molar refractivity (Wildman–Crippen MR) is 567 cm³/mol. The Kier molecular flexibility index (Phi) is 22.3. The molecule has 4 aliphatic rings. The highest BCUT2D eigenvalue weighted by Crippen LogP contribution is 2.55. The summed E-state index contributed by atoms with van der Waals surface area (Å²) >= 11 is 0. The minimum absolute atomic E-state index is 0.0132. The number of rotatable bonds is 10. The maximum Gasteiger partial charge on any atom is 0.257 e. The fourth-order valence-corrected chi connectivity index (χ4v) is 20.7. The van der Waals surface area contributed by atoms with Gasteiger partial charge in [-0.1, -0.05) is 343 Å². The minimum atomic E-state index is -0.0752. The van der Waals surface area contributed by atoms with E-state index in [1.165, 1.54) is 111 Å². The molecule has 0 fully saturated rings. The molecule has 2 aromatic heterocycles. The normalized spacial score (nSPS) is 15.9. The summed E-state index contributed by atoms with van der Waals surface area (Å²) in [5.74, 6) is 1.72. The Hall–Kier alpha value is -11.0. The molecule has 18 rings (SSSR count). The zero-order valence-corrected chi connectivity index (χ0v) is 85.2. The Labute approximate surface area is 786 Å². The Morgan fingerprint density at radius 2 is 0.580 bits per heavy atom. The van der Waals surface area contributed by atoms with E-state index in [4.69, 9.17) is 8.83 Å². The van der Waals surface area contributed by atoms with Gasteiger partial charge in [-0.15, -0.1) is 0 Å². The van der Waals surface area contributed by atoms with Crippen molar-refractivity contribution in [1.82, 2.24) is 0 Å². The number of nitrogens with zero attached hydrogens (tertiary/aromatic N) is 4. The van der Waals surface area contributed by atoms with E-state index in [9.17, 15) is 0 Å². The molecule has 0 unspecified atom stereocenters.